The second kappa shape index (κ2) is 8.25. The Hall–Kier alpha value is -5.02. The van der Waals surface area contributed by atoms with Crippen LogP contribution in [-0.4, -0.2) is 9.13 Å². The minimum atomic E-state index is -0.00962. The number of benzene rings is 5. The fraction of sp³-hybridized carbons (Fsp3) is 0.0286. The van der Waals surface area contributed by atoms with E-state index in [1.165, 1.54) is 54.9 Å². The number of fused-ring (bicyclic) bond motifs is 6. The Kier molecular flexibility index (Phi) is 4.58. The number of nitrogens with one attached hydrogen (secondary N) is 1. The molecule has 0 radical (unpaired) electrons. The summed E-state index contributed by atoms with van der Waals surface area (Å²) >= 11 is 0. The first-order valence-electron chi connectivity index (χ1n) is 13.1. The summed E-state index contributed by atoms with van der Waals surface area (Å²) in [7, 11) is 0. The van der Waals surface area contributed by atoms with E-state index in [0.717, 1.165) is 5.70 Å². The average molecular weight is 488 g/mol. The minimum absolute atomic E-state index is 0.00962. The molecule has 8 rings (SSSR count). The molecule has 5 aromatic carbocycles. The van der Waals surface area contributed by atoms with Crippen LogP contribution in [0.3, 0.4) is 0 Å². The Morgan fingerprint density at radius 3 is 1.95 bits per heavy atom. The fourth-order valence-corrected chi connectivity index (χ4v) is 6.08. The lowest BCUT2D eigenvalue weighted by Crippen LogP contribution is -2.25. The normalized spacial score (nSPS) is 15.4. The van der Waals surface area contributed by atoms with E-state index in [-0.39, 0.29) is 6.17 Å². The molecule has 180 valence electrons. The van der Waals surface area contributed by atoms with Crippen molar-refractivity contribution in [3.63, 3.8) is 0 Å². The third kappa shape index (κ3) is 3.09. The van der Waals surface area contributed by atoms with Gasteiger partial charge in [0.05, 0.1) is 22.1 Å². The molecule has 38 heavy (non-hydrogen) atoms. The average Bonchev–Trinajstić information content (AvgIpc) is 3.49. The molecule has 0 saturated heterocycles. The summed E-state index contributed by atoms with van der Waals surface area (Å²) in [6, 6.07) is 43.5. The van der Waals surface area contributed by atoms with Crippen LogP contribution in [0.2, 0.25) is 0 Å². The molecule has 1 aliphatic heterocycles. The Morgan fingerprint density at radius 2 is 1.16 bits per heavy atom. The number of hydrogen-bond donors (Lipinski definition) is 1. The zero-order valence-electron chi connectivity index (χ0n) is 20.8. The maximum absolute atomic E-state index is 3.81. The summed E-state index contributed by atoms with van der Waals surface area (Å²) in [6.45, 7) is 0. The summed E-state index contributed by atoms with van der Waals surface area (Å²) in [5.74, 6) is 0. The number of nitrogens with zero attached hydrogens (tertiary/aromatic N) is 2. The van der Waals surface area contributed by atoms with Crippen molar-refractivity contribution in [1.29, 1.82) is 0 Å². The van der Waals surface area contributed by atoms with E-state index in [0.29, 0.717) is 0 Å². The highest BCUT2D eigenvalue weighted by atomic mass is 15.2. The maximum atomic E-state index is 3.81. The smallest absolute Gasteiger partial charge is 0.123 e. The molecule has 1 aliphatic rings. The number of dihydropyridines is 1. The lowest BCUT2D eigenvalue weighted by molar-refractivity contribution is 0.589. The highest BCUT2D eigenvalue weighted by molar-refractivity contribution is 6.18. The molecule has 7 aromatic rings. The van der Waals surface area contributed by atoms with Gasteiger partial charge in [0.25, 0.3) is 0 Å². The standard InChI is InChI=1S/C35H25N3/c1-3-12-24(13-4-1)30-18-11-21-35(36-30)38-32-20-10-8-17-27(32)29-22-28-26-16-7-9-19-31(26)37(33(28)23-34(29)38)25-14-5-2-6-15-25/h1-23,35-36H. The van der Waals surface area contributed by atoms with Crippen LogP contribution in [0.25, 0.3) is 55.0 Å². The molecule has 0 fully saturated rings. The van der Waals surface area contributed by atoms with Gasteiger partial charge < -0.3 is 14.5 Å². The van der Waals surface area contributed by atoms with Crippen LogP contribution < -0.4 is 5.32 Å². The predicted molar refractivity (Wildman–Crippen MR) is 160 cm³/mol. The van der Waals surface area contributed by atoms with Crippen molar-refractivity contribution in [2.24, 2.45) is 0 Å². The second-order valence-electron chi connectivity index (χ2n) is 9.88. The SMILES string of the molecule is C1=CC(n2c3ccccc3c3cc4c5ccccc5n(-c5ccccc5)c4cc32)NC(c2ccccc2)=C1. The summed E-state index contributed by atoms with van der Waals surface area (Å²) in [5, 5.41) is 8.90. The number of allylic oxidation sites excluding steroid dienone is 2. The molecular formula is C35H25N3. The largest absolute Gasteiger partial charge is 0.361 e. The van der Waals surface area contributed by atoms with E-state index in [4.69, 9.17) is 0 Å². The molecule has 3 heterocycles. The van der Waals surface area contributed by atoms with Crippen LogP contribution in [0.4, 0.5) is 0 Å². The zero-order chi connectivity index (χ0) is 25.1. The van der Waals surface area contributed by atoms with Gasteiger partial charge in [-0.3, -0.25) is 0 Å². The van der Waals surface area contributed by atoms with Gasteiger partial charge in [-0.25, -0.2) is 0 Å². The van der Waals surface area contributed by atoms with Crippen LogP contribution in [0.15, 0.2) is 140 Å². The Balaban J connectivity index is 1.42. The molecule has 3 heteroatoms. The third-order valence-corrected chi connectivity index (χ3v) is 7.74. The highest BCUT2D eigenvalue weighted by Gasteiger charge is 2.21. The number of para-hydroxylation sites is 3. The van der Waals surface area contributed by atoms with Crippen LogP contribution >= 0.6 is 0 Å². The Labute approximate surface area is 220 Å². The van der Waals surface area contributed by atoms with Gasteiger partial charge in [0, 0.05) is 32.9 Å². The zero-order valence-corrected chi connectivity index (χ0v) is 20.8. The van der Waals surface area contributed by atoms with E-state index in [9.17, 15) is 0 Å². The molecule has 3 nitrogen and oxygen atoms in total. The van der Waals surface area contributed by atoms with Gasteiger partial charge >= 0.3 is 0 Å². The predicted octanol–water partition coefficient (Wildman–Crippen LogP) is 8.59. The summed E-state index contributed by atoms with van der Waals surface area (Å²) in [5.41, 5.74) is 8.37. The number of hydrogen-bond acceptors (Lipinski definition) is 1. The van der Waals surface area contributed by atoms with E-state index in [2.05, 4.69) is 154 Å². The monoisotopic (exact) mass is 487 g/mol. The number of aromatic nitrogens is 2. The van der Waals surface area contributed by atoms with Gasteiger partial charge in [0.15, 0.2) is 0 Å². The van der Waals surface area contributed by atoms with Crippen LogP contribution in [0, 0.1) is 0 Å². The van der Waals surface area contributed by atoms with Crippen molar-refractivity contribution in [2.75, 3.05) is 0 Å². The van der Waals surface area contributed by atoms with Crippen molar-refractivity contribution in [3.8, 4) is 5.69 Å². The van der Waals surface area contributed by atoms with E-state index in [1.807, 2.05) is 0 Å². The molecule has 0 amide bonds. The van der Waals surface area contributed by atoms with Crippen LogP contribution in [0.1, 0.15) is 11.7 Å². The molecule has 1 N–H and O–H groups in total. The van der Waals surface area contributed by atoms with E-state index < -0.39 is 0 Å². The van der Waals surface area contributed by atoms with Crippen molar-refractivity contribution < 1.29 is 0 Å². The van der Waals surface area contributed by atoms with Crippen molar-refractivity contribution in [2.45, 2.75) is 6.17 Å². The van der Waals surface area contributed by atoms with Gasteiger partial charge in [0.2, 0.25) is 0 Å². The first kappa shape index (κ1) is 21.1. The van der Waals surface area contributed by atoms with E-state index >= 15 is 0 Å². The minimum Gasteiger partial charge on any atom is -0.361 e. The molecule has 0 aliphatic carbocycles. The second-order valence-corrected chi connectivity index (χ2v) is 9.88. The van der Waals surface area contributed by atoms with Gasteiger partial charge in [-0.15, -0.1) is 0 Å². The molecule has 1 unspecified atom stereocenters. The van der Waals surface area contributed by atoms with Gasteiger partial charge in [-0.05, 0) is 54.1 Å². The van der Waals surface area contributed by atoms with Crippen LogP contribution in [-0.2, 0) is 0 Å². The molecule has 0 spiro atoms. The lowest BCUT2D eigenvalue weighted by Gasteiger charge is -2.25. The Morgan fingerprint density at radius 1 is 0.526 bits per heavy atom. The third-order valence-electron chi connectivity index (χ3n) is 7.74. The quantitative estimate of drug-likeness (QED) is 0.265. The molecule has 1 atom stereocenters. The molecule has 0 bridgehead atoms. The molecule has 0 saturated carbocycles. The summed E-state index contributed by atoms with van der Waals surface area (Å²) in [4.78, 5) is 0. The van der Waals surface area contributed by atoms with Crippen LogP contribution in [0.5, 0.6) is 0 Å². The summed E-state index contributed by atoms with van der Waals surface area (Å²) in [6.07, 6.45) is 6.56. The van der Waals surface area contributed by atoms with Crippen molar-refractivity contribution in [3.05, 3.63) is 145 Å². The summed E-state index contributed by atoms with van der Waals surface area (Å²) < 4.78 is 4.84. The first-order chi connectivity index (χ1) is 18.9. The van der Waals surface area contributed by atoms with E-state index in [1.54, 1.807) is 0 Å². The molecular weight excluding hydrogens is 462 g/mol. The van der Waals surface area contributed by atoms with Gasteiger partial charge in [-0.1, -0.05) is 91.0 Å². The maximum Gasteiger partial charge on any atom is 0.123 e. The van der Waals surface area contributed by atoms with Crippen molar-refractivity contribution in [1.82, 2.24) is 14.5 Å². The van der Waals surface area contributed by atoms with Gasteiger partial charge in [-0.2, -0.15) is 0 Å². The lowest BCUT2D eigenvalue weighted by atomic mass is 10.1. The first-order valence-corrected chi connectivity index (χ1v) is 13.1. The Bertz CT molecular complexity index is 2040. The van der Waals surface area contributed by atoms with Crippen molar-refractivity contribution >= 4 is 49.3 Å². The fourth-order valence-electron chi connectivity index (χ4n) is 6.08. The number of rotatable bonds is 3. The molecule has 2 aromatic heterocycles. The van der Waals surface area contributed by atoms with Gasteiger partial charge in [0.1, 0.15) is 6.17 Å². The highest BCUT2D eigenvalue weighted by Crippen LogP contribution is 2.39. The topological polar surface area (TPSA) is 21.9 Å².